The van der Waals surface area contributed by atoms with Gasteiger partial charge in [-0.15, -0.1) is 0 Å². The summed E-state index contributed by atoms with van der Waals surface area (Å²) in [6.45, 7) is 6.11. The number of isocyanates is 2. The van der Waals surface area contributed by atoms with Crippen molar-refractivity contribution in [3.8, 4) is 0 Å². The topological polar surface area (TPSA) is 58.9 Å². The van der Waals surface area contributed by atoms with E-state index in [-0.39, 0.29) is 6.04 Å². The highest BCUT2D eigenvalue weighted by Crippen LogP contribution is 2.30. The summed E-state index contributed by atoms with van der Waals surface area (Å²) in [5.74, 6) is 0. The molecule has 0 aliphatic rings. The van der Waals surface area contributed by atoms with Crippen LogP contribution < -0.4 is 0 Å². The lowest BCUT2D eigenvalue weighted by Gasteiger charge is -2.31. The first-order valence-corrected chi connectivity index (χ1v) is 7.36. The lowest BCUT2D eigenvalue weighted by molar-refractivity contribution is 0.303. The molecule has 19 heavy (non-hydrogen) atoms. The van der Waals surface area contributed by atoms with Crippen molar-refractivity contribution < 1.29 is 9.59 Å². The van der Waals surface area contributed by atoms with Gasteiger partial charge in [-0.1, -0.05) is 52.9 Å². The fraction of sp³-hybridized carbons (Fsp3) is 0.867. The first kappa shape index (κ1) is 17.8. The molecule has 4 heteroatoms. The zero-order chi connectivity index (χ0) is 14.6. The molecule has 4 nitrogen and oxygen atoms in total. The molecule has 0 saturated heterocycles. The minimum absolute atomic E-state index is 0.247. The highest BCUT2D eigenvalue weighted by atomic mass is 16.1. The summed E-state index contributed by atoms with van der Waals surface area (Å²) in [6.07, 6.45) is 11.2. The Kier molecular flexibility index (Phi) is 9.97. The molecule has 1 atom stereocenters. The van der Waals surface area contributed by atoms with Gasteiger partial charge in [-0.3, -0.25) is 0 Å². The van der Waals surface area contributed by atoms with Gasteiger partial charge in [-0.05, 0) is 19.3 Å². The lowest BCUT2D eigenvalue weighted by Crippen LogP contribution is -2.38. The third kappa shape index (κ3) is 5.96. The van der Waals surface area contributed by atoms with Crippen LogP contribution in [0.1, 0.15) is 72.1 Å². The minimum atomic E-state index is -0.579. The number of rotatable bonds is 11. The van der Waals surface area contributed by atoms with E-state index in [1.807, 2.05) is 13.8 Å². The normalized spacial score (nSPS) is 12.4. The first-order chi connectivity index (χ1) is 9.20. The monoisotopic (exact) mass is 266 g/mol. The molecule has 0 radical (unpaired) electrons. The lowest BCUT2D eigenvalue weighted by atomic mass is 9.82. The van der Waals surface area contributed by atoms with E-state index >= 15 is 0 Å². The fourth-order valence-corrected chi connectivity index (χ4v) is 2.50. The van der Waals surface area contributed by atoms with Gasteiger partial charge in [0.05, 0.1) is 11.6 Å². The summed E-state index contributed by atoms with van der Waals surface area (Å²) >= 11 is 0. The van der Waals surface area contributed by atoms with Crippen molar-refractivity contribution in [2.45, 2.75) is 83.7 Å². The van der Waals surface area contributed by atoms with E-state index in [2.05, 4.69) is 16.9 Å². The van der Waals surface area contributed by atoms with Gasteiger partial charge in [0, 0.05) is 0 Å². The smallest absolute Gasteiger partial charge is 0.211 e. The van der Waals surface area contributed by atoms with Crippen LogP contribution in [-0.4, -0.2) is 23.7 Å². The molecule has 0 aromatic heterocycles. The van der Waals surface area contributed by atoms with E-state index in [1.165, 1.54) is 19.3 Å². The third-order valence-corrected chi connectivity index (χ3v) is 3.90. The summed E-state index contributed by atoms with van der Waals surface area (Å²) in [4.78, 5) is 29.1. The van der Waals surface area contributed by atoms with Crippen LogP contribution in [0, 0.1) is 0 Å². The second kappa shape index (κ2) is 10.7. The van der Waals surface area contributed by atoms with Crippen molar-refractivity contribution in [3.63, 3.8) is 0 Å². The van der Waals surface area contributed by atoms with Gasteiger partial charge >= 0.3 is 0 Å². The highest BCUT2D eigenvalue weighted by molar-refractivity contribution is 5.37. The fourth-order valence-electron chi connectivity index (χ4n) is 2.50. The molecule has 108 valence electrons. The maximum Gasteiger partial charge on any atom is 0.235 e. The van der Waals surface area contributed by atoms with Crippen molar-refractivity contribution in [3.05, 3.63) is 0 Å². The molecule has 1 unspecified atom stereocenters. The van der Waals surface area contributed by atoms with E-state index < -0.39 is 5.54 Å². The maximum atomic E-state index is 10.6. The molecule has 0 fully saturated rings. The molecular formula is C15H26N2O2. The first-order valence-electron chi connectivity index (χ1n) is 7.36. The summed E-state index contributed by atoms with van der Waals surface area (Å²) in [7, 11) is 0. The maximum absolute atomic E-state index is 10.6. The number of carbonyl (C=O) groups excluding carboxylic acids is 2. The zero-order valence-electron chi connectivity index (χ0n) is 12.4. The highest BCUT2D eigenvalue weighted by Gasteiger charge is 2.35. The molecule has 0 aromatic carbocycles. The van der Waals surface area contributed by atoms with Crippen LogP contribution in [0.5, 0.6) is 0 Å². The Morgan fingerprint density at radius 2 is 1.58 bits per heavy atom. The van der Waals surface area contributed by atoms with Crippen molar-refractivity contribution in [2.75, 3.05) is 0 Å². The predicted octanol–water partition coefficient (Wildman–Crippen LogP) is 3.95. The largest absolute Gasteiger partial charge is 0.235 e. The third-order valence-electron chi connectivity index (χ3n) is 3.90. The number of unbranched alkanes of at least 4 members (excludes halogenated alkanes) is 4. The van der Waals surface area contributed by atoms with E-state index in [4.69, 9.17) is 0 Å². The number of hydrogen-bond donors (Lipinski definition) is 0. The SMILES string of the molecule is CCCCCCCC(N=C=O)C(CC)(CC)N=C=O. The molecule has 0 saturated carbocycles. The molecule has 0 N–H and O–H groups in total. The van der Waals surface area contributed by atoms with Gasteiger partial charge in [0.1, 0.15) is 0 Å². The van der Waals surface area contributed by atoms with E-state index in [9.17, 15) is 9.59 Å². The van der Waals surface area contributed by atoms with Gasteiger partial charge in [-0.25, -0.2) is 9.59 Å². The zero-order valence-corrected chi connectivity index (χ0v) is 12.4. The van der Waals surface area contributed by atoms with E-state index in [0.29, 0.717) is 12.8 Å². The van der Waals surface area contributed by atoms with Crippen molar-refractivity contribution in [1.29, 1.82) is 0 Å². The Morgan fingerprint density at radius 1 is 0.947 bits per heavy atom. The van der Waals surface area contributed by atoms with Crippen LogP contribution in [0.15, 0.2) is 9.98 Å². The Bertz CT molecular complexity index is 325. The molecule has 0 aromatic rings. The molecule has 0 aliphatic carbocycles. The van der Waals surface area contributed by atoms with Crippen LogP contribution in [0.3, 0.4) is 0 Å². The summed E-state index contributed by atoms with van der Waals surface area (Å²) in [6, 6.07) is -0.247. The second-order valence-corrected chi connectivity index (χ2v) is 4.95. The van der Waals surface area contributed by atoms with Crippen molar-refractivity contribution >= 4 is 12.2 Å². The van der Waals surface area contributed by atoms with Crippen LogP contribution in [-0.2, 0) is 9.59 Å². The molecule has 0 spiro atoms. The number of aliphatic imine (C=N–C) groups is 2. The summed E-state index contributed by atoms with van der Waals surface area (Å²) in [5, 5.41) is 0. The Balaban J connectivity index is 4.67. The number of nitrogens with zero attached hydrogens (tertiary/aromatic N) is 2. The average molecular weight is 266 g/mol. The Hall–Kier alpha value is -1.24. The van der Waals surface area contributed by atoms with Crippen molar-refractivity contribution in [2.24, 2.45) is 9.98 Å². The molecule has 0 amide bonds. The van der Waals surface area contributed by atoms with Crippen molar-refractivity contribution in [1.82, 2.24) is 0 Å². The quantitative estimate of drug-likeness (QED) is 0.323. The second-order valence-electron chi connectivity index (χ2n) is 4.95. The van der Waals surface area contributed by atoms with Gasteiger partial charge in [0.15, 0.2) is 0 Å². The van der Waals surface area contributed by atoms with E-state index in [0.717, 1.165) is 19.3 Å². The molecule has 0 aliphatic heterocycles. The van der Waals surface area contributed by atoms with Crippen LogP contribution >= 0.6 is 0 Å². The van der Waals surface area contributed by atoms with Gasteiger partial charge in [-0.2, -0.15) is 9.98 Å². The number of hydrogen-bond acceptors (Lipinski definition) is 4. The van der Waals surface area contributed by atoms with Gasteiger partial charge < -0.3 is 0 Å². The van der Waals surface area contributed by atoms with E-state index in [1.54, 1.807) is 12.2 Å². The summed E-state index contributed by atoms with van der Waals surface area (Å²) < 4.78 is 0. The van der Waals surface area contributed by atoms with Gasteiger partial charge in [0.2, 0.25) is 12.2 Å². The Labute approximate surface area is 116 Å². The van der Waals surface area contributed by atoms with Crippen LogP contribution in [0.4, 0.5) is 0 Å². The Morgan fingerprint density at radius 3 is 2.05 bits per heavy atom. The van der Waals surface area contributed by atoms with Gasteiger partial charge in [0.25, 0.3) is 0 Å². The average Bonchev–Trinajstić information content (AvgIpc) is 2.44. The molecule has 0 rings (SSSR count). The van der Waals surface area contributed by atoms with Crippen LogP contribution in [0.25, 0.3) is 0 Å². The standard InChI is InChI=1S/C15H26N2O2/c1-4-7-8-9-10-11-14(16-12-18)15(5-2,6-3)17-13-19/h14H,4-11H2,1-3H3. The summed E-state index contributed by atoms with van der Waals surface area (Å²) in [5.41, 5.74) is -0.579. The predicted molar refractivity (Wildman–Crippen MR) is 76.7 cm³/mol. The minimum Gasteiger partial charge on any atom is -0.211 e. The molecule has 0 bridgehead atoms. The molecular weight excluding hydrogens is 240 g/mol. The molecule has 0 heterocycles. The van der Waals surface area contributed by atoms with Crippen LogP contribution in [0.2, 0.25) is 0 Å².